The van der Waals surface area contributed by atoms with Crippen LogP contribution in [0.25, 0.3) is 0 Å². The topological polar surface area (TPSA) is 107 Å². The third-order valence-electron chi connectivity index (χ3n) is 5.94. The third kappa shape index (κ3) is 9.74. The minimum absolute atomic E-state index is 0.00117. The number of allylic oxidation sites excluding steroid dienone is 2. The molecule has 33 heavy (non-hydrogen) atoms. The van der Waals surface area contributed by atoms with E-state index >= 15 is 0 Å². The molecular formula is C22H37ClN2O5S3. The van der Waals surface area contributed by atoms with Crippen LogP contribution in [0.15, 0.2) is 21.4 Å². The second-order valence-electron chi connectivity index (χ2n) is 9.38. The third-order valence-corrected chi connectivity index (χ3v) is 11.4. The molecule has 3 atom stereocenters. The molecule has 0 amide bonds. The summed E-state index contributed by atoms with van der Waals surface area (Å²) in [4.78, 5) is 10.7. The molecule has 0 aromatic rings. The highest BCUT2D eigenvalue weighted by atomic mass is 35.5. The monoisotopic (exact) mass is 540 g/mol. The van der Waals surface area contributed by atoms with Gasteiger partial charge in [-0.25, -0.2) is 12.7 Å². The van der Waals surface area contributed by atoms with Gasteiger partial charge in [-0.15, -0.1) is 11.8 Å². The number of thioether (sulfide) groups is 2. The largest absolute Gasteiger partial charge is 0.481 e. The van der Waals surface area contributed by atoms with Crippen LogP contribution in [0.5, 0.6) is 0 Å². The van der Waals surface area contributed by atoms with E-state index in [9.17, 15) is 18.3 Å². The molecular weight excluding hydrogens is 504 g/mol. The minimum atomic E-state index is -3.66. The Morgan fingerprint density at radius 2 is 2.12 bits per heavy atom. The molecule has 3 N–H and O–H groups in total. The molecule has 2 aliphatic heterocycles. The van der Waals surface area contributed by atoms with Crippen molar-refractivity contribution in [3.8, 4) is 0 Å². The fraction of sp³-hybridized carbons (Fsp3) is 0.773. The maximum Gasteiger partial charge on any atom is 0.303 e. The number of aliphatic hydroxyl groups excluding tert-OH is 1. The quantitative estimate of drug-likeness (QED) is 0.282. The van der Waals surface area contributed by atoms with Gasteiger partial charge in [0.2, 0.25) is 10.0 Å². The van der Waals surface area contributed by atoms with Crippen LogP contribution in [0.4, 0.5) is 0 Å². The zero-order chi connectivity index (χ0) is 24.6. The lowest BCUT2D eigenvalue weighted by molar-refractivity contribution is -0.137. The number of carbonyl (C=O) groups is 1. The number of aliphatic hydroxyl groups is 1. The van der Waals surface area contributed by atoms with E-state index in [4.69, 9.17) is 16.7 Å². The number of aliphatic carboxylic acids is 1. The lowest BCUT2D eigenvalue weighted by Crippen LogP contribution is -2.47. The standard InChI is InChI=1S/C22H37ClN2O5S3/c1-22(2,11-5-8-18-9-6-12-31-18)24-14-17(26)15-25(3)33(29,30)20-13-16(21(23)32-20)7-4-10-19(27)28/h6,12,17-18,20,24,26H,4-5,7-11,13-15H2,1-3H3,(H,27,28)/t17-,18?,20?/m1/s1. The lowest BCUT2D eigenvalue weighted by atomic mass is 9.96. The Labute approximate surface area is 211 Å². The first kappa shape index (κ1) is 29.0. The van der Waals surface area contributed by atoms with Crippen molar-refractivity contribution >= 4 is 51.1 Å². The van der Waals surface area contributed by atoms with Gasteiger partial charge >= 0.3 is 5.97 Å². The Balaban J connectivity index is 1.74. The van der Waals surface area contributed by atoms with E-state index in [2.05, 4.69) is 30.6 Å². The summed E-state index contributed by atoms with van der Waals surface area (Å²) in [5.74, 6) is -0.878. The molecule has 2 aliphatic rings. The minimum Gasteiger partial charge on any atom is -0.481 e. The van der Waals surface area contributed by atoms with Crippen LogP contribution < -0.4 is 5.32 Å². The number of nitrogens with zero attached hydrogens (tertiary/aromatic N) is 1. The van der Waals surface area contributed by atoms with Crippen LogP contribution in [0.3, 0.4) is 0 Å². The number of hydrogen-bond donors (Lipinski definition) is 3. The van der Waals surface area contributed by atoms with Crippen LogP contribution in [0.1, 0.15) is 65.2 Å². The molecule has 0 bridgehead atoms. The average molecular weight is 541 g/mol. The number of halogens is 1. The average Bonchev–Trinajstić information content (AvgIpc) is 3.36. The zero-order valence-corrected chi connectivity index (χ0v) is 22.8. The van der Waals surface area contributed by atoms with Gasteiger partial charge in [0, 0.05) is 37.3 Å². The number of carboxylic acids is 1. The van der Waals surface area contributed by atoms with E-state index in [-0.39, 0.29) is 24.9 Å². The first-order valence-electron chi connectivity index (χ1n) is 11.4. The van der Waals surface area contributed by atoms with E-state index in [0.29, 0.717) is 29.0 Å². The molecule has 7 nitrogen and oxygen atoms in total. The van der Waals surface area contributed by atoms with Crippen LogP contribution in [0.2, 0.25) is 0 Å². The summed E-state index contributed by atoms with van der Waals surface area (Å²) in [6, 6.07) is 0. The number of sulfonamides is 1. The van der Waals surface area contributed by atoms with Crippen molar-refractivity contribution in [2.75, 3.05) is 20.1 Å². The van der Waals surface area contributed by atoms with Gasteiger partial charge in [-0.2, -0.15) is 0 Å². The number of β-amino-alcohol motifs (C(OH)–C–C–N with tert-alkyl or cyclic N) is 1. The smallest absolute Gasteiger partial charge is 0.303 e. The van der Waals surface area contributed by atoms with Crippen molar-refractivity contribution in [2.45, 2.75) is 86.7 Å². The summed E-state index contributed by atoms with van der Waals surface area (Å²) in [6.07, 6.45) is 7.00. The molecule has 0 radical (unpaired) electrons. The van der Waals surface area contributed by atoms with Crippen LogP contribution in [-0.4, -0.2) is 70.5 Å². The van der Waals surface area contributed by atoms with E-state index in [1.165, 1.54) is 17.8 Å². The maximum absolute atomic E-state index is 13.0. The van der Waals surface area contributed by atoms with E-state index in [0.717, 1.165) is 36.6 Å². The first-order chi connectivity index (χ1) is 15.4. The molecule has 0 fully saturated rings. The Kier molecular flexibility index (Phi) is 11.6. The molecule has 0 spiro atoms. The fourth-order valence-electron chi connectivity index (χ4n) is 3.88. The zero-order valence-electron chi connectivity index (χ0n) is 19.6. The predicted molar refractivity (Wildman–Crippen MR) is 139 cm³/mol. The normalized spacial score (nSPS) is 22.5. The molecule has 0 aromatic heterocycles. The van der Waals surface area contributed by atoms with E-state index in [1.54, 1.807) is 0 Å². The summed E-state index contributed by atoms with van der Waals surface area (Å²) in [6.45, 7) is 4.52. The predicted octanol–water partition coefficient (Wildman–Crippen LogP) is 4.33. The van der Waals surface area contributed by atoms with Crippen LogP contribution in [0, 0.1) is 0 Å². The SMILES string of the molecule is CN(C[C@H](O)CNC(C)(C)CCCC1CC=CS1)S(=O)(=O)C1CC(CCCC(=O)O)=C(Cl)S1. The second-order valence-corrected chi connectivity index (χ2v) is 14.9. The summed E-state index contributed by atoms with van der Waals surface area (Å²) in [5.41, 5.74) is 0.652. The number of rotatable bonds is 15. The summed E-state index contributed by atoms with van der Waals surface area (Å²) in [7, 11) is -2.18. The summed E-state index contributed by atoms with van der Waals surface area (Å²) < 4.78 is 26.9. The number of hydrogen-bond acceptors (Lipinski definition) is 7. The van der Waals surface area contributed by atoms with Gasteiger partial charge in [-0.3, -0.25) is 4.79 Å². The molecule has 0 saturated carbocycles. The van der Waals surface area contributed by atoms with Gasteiger partial charge in [0.25, 0.3) is 0 Å². The van der Waals surface area contributed by atoms with Gasteiger partial charge in [-0.1, -0.05) is 35.9 Å². The Morgan fingerprint density at radius 3 is 2.76 bits per heavy atom. The molecule has 2 rings (SSSR count). The van der Waals surface area contributed by atoms with Crippen molar-refractivity contribution in [3.63, 3.8) is 0 Å². The van der Waals surface area contributed by atoms with Crippen molar-refractivity contribution in [1.29, 1.82) is 0 Å². The number of nitrogens with one attached hydrogen (secondary N) is 1. The molecule has 2 heterocycles. The molecule has 11 heteroatoms. The van der Waals surface area contributed by atoms with Crippen LogP contribution in [-0.2, 0) is 14.8 Å². The molecule has 0 saturated heterocycles. The Bertz CT molecular complexity index is 824. The molecule has 2 unspecified atom stereocenters. The highest BCUT2D eigenvalue weighted by Gasteiger charge is 2.37. The van der Waals surface area contributed by atoms with Crippen molar-refractivity contribution < 1.29 is 23.4 Å². The first-order valence-corrected chi connectivity index (χ1v) is 15.1. The van der Waals surface area contributed by atoms with Gasteiger partial charge in [0.1, 0.15) is 4.58 Å². The van der Waals surface area contributed by atoms with Gasteiger partial charge < -0.3 is 15.5 Å². The highest BCUT2D eigenvalue weighted by Crippen LogP contribution is 2.45. The van der Waals surface area contributed by atoms with E-state index < -0.39 is 26.7 Å². The Morgan fingerprint density at radius 1 is 1.39 bits per heavy atom. The maximum atomic E-state index is 13.0. The van der Waals surface area contributed by atoms with Crippen molar-refractivity contribution in [3.05, 3.63) is 21.4 Å². The molecule has 190 valence electrons. The number of likely N-dealkylation sites (N-methyl/N-ethyl adjacent to an activating group) is 1. The van der Waals surface area contributed by atoms with E-state index in [1.807, 2.05) is 11.8 Å². The van der Waals surface area contributed by atoms with Gasteiger partial charge in [0.15, 0.2) is 0 Å². The van der Waals surface area contributed by atoms with Crippen molar-refractivity contribution in [2.24, 2.45) is 0 Å². The van der Waals surface area contributed by atoms with Gasteiger partial charge in [-0.05, 0) is 63.4 Å². The fourth-order valence-corrected chi connectivity index (χ4v) is 8.78. The van der Waals surface area contributed by atoms with Crippen LogP contribution >= 0.6 is 35.1 Å². The highest BCUT2D eigenvalue weighted by molar-refractivity contribution is 8.16. The van der Waals surface area contributed by atoms with Gasteiger partial charge in [0.05, 0.1) is 10.5 Å². The summed E-state index contributed by atoms with van der Waals surface area (Å²) >= 11 is 9.23. The molecule has 0 aromatic carbocycles. The Hall–Kier alpha value is -0.230. The second kappa shape index (κ2) is 13.2. The number of carboxylic acid groups (broad SMARTS) is 1. The van der Waals surface area contributed by atoms with Crippen molar-refractivity contribution in [1.82, 2.24) is 9.62 Å². The lowest BCUT2D eigenvalue weighted by Gasteiger charge is -2.30. The summed E-state index contributed by atoms with van der Waals surface area (Å²) in [5, 5.41) is 25.5. The molecule has 0 aliphatic carbocycles.